The van der Waals surface area contributed by atoms with Crippen LogP contribution < -0.4 is 20.2 Å². The number of carbonyl (C=O) groups is 2. The summed E-state index contributed by atoms with van der Waals surface area (Å²) < 4.78 is 10.3. The van der Waals surface area contributed by atoms with Gasteiger partial charge in [-0.1, -0.05) is 30.3 Å². The first-order valence-corrected chi connectivity index (χ1v) is 7.96. The smallest absolute Gasteiger partial charge is 0.329 e. The number of amides is 2. The average Bonchev–Trinajstić information content (AvgIpc) is 2.68. The average molecular weight is 355 g/mol. The van der Waals surface area contributed by atoms with Gasteiger partial charge in [0.05, 0.1) is 26.5 Å². The first kappa shape index (κ1) is 19.0. The maximum Gasteiger partial charge on any atom is 0.329 e. The fourth-order valence-corrected chi connectivity index (χ4v) is 2.24. The zero-order chi connectivity index (χ0) is 18.9. The molecule has 0 aromatic heterocycles. The van der Waals surface area contributed by atoms with Crippen molar-refractivity contribution in [1.29, 1.82) is 0 Å². The van der Waals surface area contributed by atoms with Crippen molar-refractivity contribution >= 4 is 18.0 Å². The third-order valence-electron chi connectivity index (χ3n) is 3.64. The van der Waals surface area contributed by atoms with E-state index in [4.69, 9.17) is 9.47 Å². The molecule has 2 aromatic rings. The third-order valence-corrected chi connectivity index (χ3v) is 3.64. The van der Waals surface area contributed by atoms with E-state index in [0.29, 0.717) is 17.1 Å². The van der Waals surface area contributed by atoms with E-state index in [1.807, 2.05) is 30.3 Å². The van der Waals surface area contributed by atoms with Crippen molar-refractivity contribution in [3.8, 4) is 11.5 Å². The van der Waals surface area contributed by atoms with E-state index in [1.54, 1.807) is 32.2 Å². The highest BCUT2D eigenvalue weighted by Gasteiger charge is 2.16. The van der Waals surface area contributed by atoms with Crippen molar-refractivity contribution in [2.45, 2.75) is 13.0 Å². The van der Waals surface area contributed by atoms with Crippen LogP contribution in [0.2, 0.25) is 0 Å². The summed E-state index contributed by atoms with van der Waals surface area (Å²) in [4.78, 5) is 23.8. The van der Waals surface area contributed by atoms with Gasteiger partial charge in [0.25, 0.3) is 0 Å². The van der Waals surface area contributed by atoms with Gasteiger partial charge >= 0.3 is 11.8 Å². The van der Waals surface area contributed by atoms with Crippen LogP contribution in [0.1, 0.15) is 24.1 Å². The summed E-state index contributed by atoms with van der Waals surface area (Å²) in [7, 11) is 3.07. The molecule has 26 heavy (non-hydrogen) atoms. The van der Waals surface area contributed by atoms with Gasteiger partial charge in [-0.3, -0.25) is 9.59 Å². The van der Waals surface area contributed by atoms with Gasteiger partial charge in [-0.2, -0.15) is 5.10 Å². The minimum absolute atomic E-state index is 0.288. The molecule has 0 radical (unpaired) electrons. The first-order chi connectivity index (χ1) is 12.5. The summed E-state index contributed by atoms with van der Waals surface area (Å²) in [6.45, 7) is 1.80. The molecule has 0 aliphatic heterocycles. The van der Waals surface area contributed by atoms with Crippen LogP contribution in [-0.4, -0.2) is 32.2 Å². The summed E-state index contributed by atoms with van der Waals surface area (Å²) in [5.41, 5.74) is 3.79. The van der Waals surface area contributed by atoms with Crippen LogP contribution in [0.15, 0.2) is 53.6 Å². The Bertz CT molecular complexity index is 791. The van der Waals surface area contributed by atoms with Gasteiger partial charge in [0, 0.05) is 0 Å². The topological polar surface area (TPSA) is 89.0 Å². The predicted octanol–water partition coefficient (Wildman–Crippen LogP) is 2.03. The Balaban J connectivity index is 1.91. The van der Waals surface area contributed by atoms with Crippen molar-refractivity contribution in [1.82, 2.24) is 10.7 Å². The molecular weight excluding hydrogens is 334 g/mol. The zero-order valence-corrected chi connectivity index (χ0v) is 14.9. The van der Waals surface area contributed by atoms with Crippen molar-refractivity contribution in [3.63, 3.8) is 0 Å². The van der Waals surface area contributed by atoms with Crippen LogP contribution >= 0.6 is 0 Å². The maximum absolute atomic E-state index is 11.9. The minimum Gasteiger partial charge on any atom is -0.493 e. The monoisotopic (exact) mass is 355 g/mol. The van der Waals surface area contributed by atoms with Crippen LogP contribution in [-0.2, 0) is 9.59 Å². The van der Waals surface area contributed by atoms with Gasteiger partial charge in [0.1, 0.15) is 0 Å². The molecular formula is C19H21N3O4. The van der Waals surface area contributed by atoms with Crippen molar-refractivity contribution in [2.75, 3.05) is 14.2 Å². The molecule has 2 amide bonds. The molecule has 0 bridgehead atoms. The highest BCUT2D eigenvalue weighted by atomic mass is 16.5. The maximum atomic E-state index is 11.9. The van der Waals surface area contributed by atoms with Gasteiger partial charge in [0.15, 0.2) is 11.5 Å². The molecule has 0 saturated carbocycles. The first-order valence-electron chi connectivity index (χ1n) is 7.96. The molecule has 0 fully saturated rings. The number of methoxy groups -OCH3 is 2. The van der Waals surface area contributed by atoms with Gasteiger partial charge in [0.2, 0.25) is 0 Å². The molecule has 7 heteroatoms. The van der Waals surface area contributed by atoms with E-state index in [-0.39, 0.29) is 6.04 Å². The Labute approximate surface area is 152 Å². The summed E-state index contributed by atoms with van der Waals surface area (Å²) in [6, 6.07) is 14.2. The molecule has 2 rings (SSSR count). The number of hydrogen-bond acceptors (Lipinski definition) is 5. The number of hydrogen-bond donors (Lipinski definition) is 2. The van der Waals surface area contributed by atoms with Crippen LogP contribution in [0, 0.1) is 0 Å². The lowest BCUT2D eigenvalue weighted by atomic mass is 10.1. The lowest BCUT2D eigenvalue weighted by Gasteiger charge is -2.13. The number of nitrogens with zero attached hydrogens (tertiary/aromatic N) is 1. The van der Waals surface area contributed by atoms with Gasteiger partial charge in [-0.05, 0) is 36.2 Å². The molecule has 2 N–H and O–H groups in total. The van der Waals surface area contributed by atoms with Crippen molar-refractivity contribution < 1.29 is 19.1 Å². The van der Waals surface area contributed by atoms with E-state index < -0.39 is 11.8 Å². The Hall–Kier alpha value is -3.35. The summed E-state index contributed by atoms with van der Waals surface area (Å²) >= 11 is 0. The lowest BCUT2D eigenvalue weighted by Crippen LogP contribution is -2.39. The largest absolute Gasteiger partial charge is 0.493 e. The molecule has 2 aromatic carbocycles. The molecule has 1 atom stereocenters. The predicted molar refractivity (Wildman–Crippen MR) is 98.3 cm³/mol. The van der Waals surface area contributed by atoms with E-state index in [2.05, 4.69) is 15.8 Å². The standard InChI is InChI=1S/C19H21N3O4/c1-13(15-7-5-4-6-8-15)21-18(23)19(24)22-20-12-14-9-10-16(25-2)17(11-14)26-3/h4-13H,1-3H3,(H,21,23)(H,22,24)/t13-/m1/s1. The lowest BCUT2D eigenvalue weighted by molar-refractivity contribution is -0.139. The third kappa shape index (κ3) is 5.07. The SMILES string of the molecule is COc1ccc(C=NNC(=O)C(=O)N[C@H](C)c2ccccc2)cc1OC. The Morgan fingerprint density at radius 2 is 1.69 bits per heavy atom. The number of nitrogens with one attached hydrogen (secondary N) is 2. The highest BCUT2D eigenvalue weighted by molar-refractivity contribution is 6.35. The van der Waals surface area contributed by atoms with E-state index in [0.717, 1.165) is 5.56 Å². The highest BCUT2D eigenvalue weighted by Crippen LogP contribution is 2.26. The van der Waals surface area contributed by atoms with Crippen LogP contribution in [0.4, 0.5) is 0 Å². The van der Waals surface area contributed by atoms with Gasteiger partial charge < -0.3 is 14.8 Å². The Morgan fingerprint density at radius 3 is 2.35 bits per heavy atom. The van der Waals surface area contributed by atoms with Crippen molar-refractivity contribution in [2.24, 2.45) is 5.10 Å². The minimum atomic E-state index is -0.843. The number of carbonyl (C=O) groups excluding carboxylic acids is 2. The fourth-order valence-electron chi connectivity index (χ4n) is 2.24. The number of hydrazone groups is 1. The van der Waals surface area contributed by atoms with Gasteiger partial charge in [-0.15, -0.1) is 0 Å². The second-order valence-electron chi connectivity index (χ2n) is 5.42. The van der Waals surface area contributed by atoms with E-state index in [9.17, 15) is 9.59 Å². The quantitative estimate of drug-likeness (QED) is 0.471. The normalized spacial score (nSPS) is 11.7. The number of rotatable bonds is 6. The summed E-state index contributed by atoms with van der Waals surface area (Å²) in [6.07, 6.45) is 1.41. The van der Waals surface area contributed by atoms with Gasteiger partial charge in [-0.25, -0.2) is 5.43 Å². The van der Waals surface area contributed by atoms with Crippen LogP contribution in [0.3, 0.4) is 0 Å². The fraction of sp³-hybridized carbons (Fsp3) is 0.211. The molecule has 0 heterocycles. The van der Waals surface area contributed by atoms with Crippen LogP contribution in [0.5, 0.6) is 11.5 Å². The molecule has 0 saturated heterocycles. The second-order valence-corrected chi connectivity index (χ2v) is 5.42. The molecule has 0 unspecified atom stereocenters. The molecule has 136 valence electrons. The molecule has 0 aliphatic carbocycles. The summed E-state index contributed by atoms with van der Waals surface area (Å²) in [5, 5.41) is 6.41. The number of ether oxygens (including phenoxy) is 2. The zero-order valence-electron chi connectivity index (χ0n) is 14.9. The van der Waals surface area contributed by atoms with E-state index in [1.165, 1.54) is 13.3 Å². The molecule has 0 aliphatic rings. The van der Waals surface area contributed by atoms with Crippen LogP contribution in [0.25, 0.3) is 0 Å². The summed E-state index contributed by atoms with van der Waals surface area (Å²) in [5.74, 6) is -0.476. The molecule has 0 spiro atoms. The molecule has 7 nitrogen and oxygen atoms in total. The Morgan fingerprint density at radius 1 is 1.00 bits per heavy atom. The number of benzene rings is 2. The van der Waals surface area contributed by atoms with E-state index >= 15 is 0 Å². The van der Waals surface area contributed by atoms with Crippen molar-refractivity contribution in [3.05, 3.63) is 59.7 Å². The Kier molecular flexibility index (Phi) is 6.73. The second kappa shape index (κ2) is 9.22.